The van der Waals surface area contributed by atoms with Crippen molar-refractivity contribution in [2.45, 2.75) is 38.6 Å². The van der Waals surface area contributed by atoms with Crippen LogP contribution in [0.2, 0.25) is 0 Å². The summed E-state index contributed by atoms with van der Waals surface area (Å²) in [6.07, 6.45) is 1.36. The summed E-state index contributed by atoms with van der Waals surface area (Å²) in [7, 11) is 0. The number of aryl methyl sites for hydroxylation is 1. The van der Waals surface area contributed by atoms with Gasteiger partial charge >= 0.3 is 5.97 Å². The van der Waals surface area contributed by atoms with E-state index in [0.29, 0.717) is 25.8 Å². The molecule has 20 heavy (non-hydrogen) atoms. The van der Waals surface area contributed by atoms with Crippen LogP contribution >= 0.6 is 0 Å². The Morgan fingerprint density at radius 1 is 1.45 bits per heavy atom. The third-order valence-electron chi connectivity index (χ3n) is 4.07. The Bertz CT molecular complexity index is 558. The van der Waals surface area contributed by atoms with E-state index in [2.05, 4.69) is 0 Å². The number of carboxylic acid groups (broad SMARTS) is 1. The van der Waals surface area contributed by atoms with Crippen molar-refractivity contribution < 1.29 is 19.1 Å². The quantitative estimate of drug-likeness (QED) is 0.925. The molecule has 5 heteroatoms. The van der Waals surface area contributed by atoms with Crippen LogP contribution in [-0.4, -0.2) is 34.0 Å². The highest BCUT2D eigenvalue weighted by atomic mass is 19.1. The van der Waals surface area contributed by atoms with E-state index in [1.165, 1.54) is 17.0 Å². The van der Waals surface area contributed by atoms with E-state index in [-0.39, 0.29) is 5.56 Å². The van der Waals surface area contributed by atoms with Crippen LogP contribution in [0.3, 0.4) is 0 Å². The summed E-state index contributed by atoms with van der Waals surface area (Å²) in [5.74, 6) is -2.15. The molecule has 108 valence electrons. The lowest BCUT2D eigenvalue weighted by Crippen LogP contribution is -2.52. The summed E-state index contributed by atoms with van der Waals surface area (Å²) in [6.45, 7) is 3.83. The molecule has 1 N–H and O–H groups in total. The average molecular weight is 279 g/mol. The third kappa shape index (κ3) is 2.17. The number of hydrogen-bond acceptors (Lipinski definition) is 2. The van der Waals surface area contributed by atoms with E-state index in [9.17, 15) is 19.1 Å². The molecule has 1 aromatic rings. The largest absolute Gasteiger partial charge is 0.479 e. The topological polar surface area (TPSA) is 57.6 Å². The number of benzene rings is 1. The minimum Gasteiger partial charge on any atom is -0.479 e. The zero-order chi connectivity index (χ0) is 14.9. The first-order chi connectivity index (χ1) is 9.42. The molecule has 1 saturated heterocycles. The molecule has 1 atom stereocenters. The summed E-state index contributed by atoms with van der Waals surface area (Å²) in [5.41, 5.74) is -0.536. The minimum atomic E-state index is -1.20. The Hall–Kier alpha value is -1.91. The molecule has 0 aromatic heterocycles. The van der Waals surface area contributed by atoms with Gasteiger partial charge in [0, 0.05) is 6.54 Å². The normalized spacial score (nSPS) is 22.1. The summed E-state index contributed by atoms with van der Waals surface area (Å²) >= 11 is 0. The summed E-state index contributed by atoms with van der Waals surface area (Å²) < 4.78 is 13.9. The lowest BCUT2D eigenvalue weighted by molar-refractivity contribution is -0.148. The van der Waals surface area contributed by atoms with Crippen molar-refractivity contribution in [1.82, 2.24) is 4.90 Å². The molecule has 2 rings (SSSR count). The third-order valence-corrected chi connectivity index (χ3v) is 4.07. The number of likely N-dealkylation sites (tertiary alicyclic amines) is 1. The van der Waals surface area contributed by atoms with Gasteiger partial charge in [-0.15, -0.1) is 0 Å². The van der Waals surface area contributed by atoms with Crippen LogP contribution in [0.1, 0.15) is 42.1 Å². The van der Waals surface area contributed by atoms with Gasteiger partial charge in [0.05, 0.1) is 5.56 Å². The first-order valence-electron chi connectivity index (χ1n) is 6.74. The van der Waals surface area contributed by atoms with Crippen molar-refractivity contribution in [2.24, 2.45) is 0 Å². The molecular formula is C15H18FNO3. The van der Waals surface area contributed by atoms with Crippen LogP contribution in [0.5, 0.6) is 0 Å². The number of carboxylic acids is 1. The van der Waals surface area contributed by atoms with Gasteiger partial charge in [0.1, 0.15) is 11.4 Å². The highest BCUT2D eigenvalue weighted by Crippen LogP contribution is 2.34. The molecule has 1 aliphatic rings. The van der Waals surface area contributed by atoms with E-state index < -0.39 is 23.2 Å². The molecule has 1 fully saturated rings. The lowest BCUT2D eigenvalue weighted by atomic mass is 9.92. The van der Waals surface area contributed by atoms with Crippen molar-refractivity contribution in [2.75, 3.05) is 6.54 Å². The number of halogens is 1. The van der Waals surface area contributed by atoms with Gasteiger partial charge in [-0.1, -0.05) is 13.0 Å². The molecule has 0 saturated carbocycles. The van der Waals surface area contributed by atoms with Crippen LogP contribution in [0.4, 0.5) is 4.39 Å². The predicted octanol–water partition coefficient (Wildman–Crippen LogP) is 2.60. The number of aliphatic carboxylic acids is 1. The Morgan fingerprint density at radius 3 is 2.70 bits per heavy atom. The number of nitrogens with zero attached hydrogens (tertiary/aromatic N) is 1. The van der Waals surface area contributed by atoms with Crippen molar-refractivity contribution >= 4 is 11.9 Å². The molecule has 1 heterocycles. The monoisotopic (exact) mass is 279 g/mol. The Kier molecular flexibility index (Phi) is 3.79. The first kappa shape index (κ1) is 14.5. The van der Waals surface area contributed by atoms with Gasteiger partial charge in [0.2, 0.25) is 0 Å². The molecule has 0 aliphatic carbocycles. The average Bonchev–Trinajstić information content (AvgIpc) is 2.83. The second-order valence-corrected chi connectivity index (χ2v) is 5.23. The maximum absolute atomic E-state index is 13.9. The van der Waals surface area contributed by atoms with E-state index in [1.54, 1.807) is 19.9 Å². The summed E-state index contributed by atoms with van der Waals surface area (Å²) in [4.78, 5) is 25.3. The number of hydrogen-bond donors (Lipinski definition) is 1. The summed E-state index contributed by atoms with van der Waals surface area (Å²) in [5, 5.41) is 9.46. The van der Waals surface area contributed by atoms with E-state index in [4.69, 9.17) is 0 Å². The van der Waals surface area contributed by atoms with E-state index in [1.807, 2.05) is 0 Å². The molecular weight excluding hydrogens is 261 g/mol. The fourth-order valence-electron chi connectivity index (χ4n) is 2.85. The van der Waals surface area contributed by atoms with Crippen LogP contribution < -0.4 is 0 Å². The highest BCUT2D eigenvalue weighted by molar-refractivity contribution is 5.98. The van der Waals surface area contributed by atoms with Crippen molar-refractivity contribution in [3.8, 4) is 0 Å². The smallest absolute Gasteiger partial charge is 0.329 e. The zero-order valence-electron chi connectivity index (χ0n) is 11.6. The number of carbonyl (C=O) groups is 2. The first-order valence-corrected chi connectivity index (χ1v) is 6.74. The molecule has 1 amide bonds. The van der Waals surface area contributed by atoms with Gasteiger partial charge in [0.25, 0.3) is 5.91 Å². The van der Waals surface area contributed by atoms with E-state index >= 15 is 0 Å². The van der Waals surface area contributed by atoms with Gasteiger partial charge in [-0.05, 0) is 43.9 Å². The molecule has 0 radical (unpaired) electrons. The fraction of sp³-hybridized carbons (Fsp3) is 0.467. The van der Waals surface area contributed by atoms with Crippen molar-refractivity contribution in [1.29, 1.82) is 0 Å². The highest BCUT2D eigenvalue weighted by Gasteiger charge is 2.48. The van der Waals surface area contributed by atoms with Gasteiger partial charge in [0.15, 0.2) is 0 Å². The number of carbonyl (C=O) groups excluding carboxylic acids is 1. The van der Waals surface area contributed by atoms with Gasteiger partial charge in [-0.25, -0.2) is 9.18 Å². The van der Waals surface area contributed by atoms with Crippen molar-refractivity contribution in [3.63, 3.8) is 0 Å². The van der Waals surface area contributed by atoms with Crippen molar-refractivity contribution in [3.05, 3.63) is 35.1 Å². The van der Waals surface area contributed by atoms with Gasteiger partial charge in [-0.3, -0.25) is 4.79 Å². The van der Waals surface area contributed by atoms with Gasteiger partial charge in [-0.2, -0.15) is 0 Å². The minimum absolute atomic E-state index is 0.0587. The molecule has 1 aliphatic heterocycles. The summed E-state index contributed by atoms with van der Waals surface area (Å²) in [6, 6.07) is 4.37. The Morgan fingerprint density at radius 2 is 2.15 bits per heavy atom. The molecule has 1 aromatic carbocycles. The Balaban J connectivity index is 2.39. The van der Waals surface area contributed by atoms with E-state index in [0.717, 1.165) is 5.56 Å². The number of rotatable bonds is 3. The van der Waals surface area contributed by atoms with Crippen LogP contribution in [0.25, 0.3) is 0 Å². The fourth-order valence-corrected chi connectivity index (χ4v) is 2.85. The molecule has 0 bridgehead atoms. The second kappa shape index (κ2) is 5.23. The molecule has 0 spiro atoms. The Labute approximate surface area is 117 Å². The molecule has 1 unspecified atom stereocenters. The zero-order valence-corrected chi connectivity index (χ0v) is 11.6. The van der Waals surface area contributed by atoms with Crippen LogP contribution in [0, 0.1) is 12.7 Å². The van der Waals surface area contributed by atoms with Crippen LogP contribution in [0.15, 0.2) is 18.2 Å². The standard InChI is InChI=1S/C15H18FNO3/c1-3-15(14(19)20)7-4-8-17(15)13(18)11-6-5-10(2)9-12(11)16/h5-6,9H,3-4,7-8H2,1-2H3,(H,19,20). The predicted molar refractivity (Wildman–Crippen MR) is 72.1 cm³/mol. The number of amides is 1. The maximum atomic E-state index is 13.9. The molecule has 4 nitrogen and oxygen atoms in total. The van der Waals surface area contributed by atoms with Gasteiger partial charge < -0.3 is 10.0 Å². The lowest BCUT2D eigenvalue weighted by Gasteiger charge is -2.34. The van der Waals surface area contributed by atoms with Crippen LogP contribution in [-0.2, 0) is 4.79 Å². The maximum Gasteiger partial charge on any atom is 0.329 e. The second-order valence-electron chi connectivity index (χ2n) is 5.23. The SMILES string of the molecule is CCC1(C(=O)O)CCCN1C(=O)c1ccc(C)cc1F.